The van der Waals surface area contributed by atoms with Crippen LogP contribution >= 0.6 is 0 Å². The van der Waals surface area contributed by atoms with Crippen LogP contribution in [0.15, 0.2) is 47.7 Å². The van der Waals surface area contributed by atoms with Gasteiger partial charge in [0.25, 0.3) is 0 Å². The first kappa shape index (κ1) is 21.2. The Bertz CT molecular complexity index is 1190. The number of rotatable bonds is 6. The van der Waals surface area contributed by atoms with Gasteiger partial charge in [-0.2, -0.15) is 4.98 Å². The number of anilines is 1. The Labute approximate surface area is 185 Å². The number of allylic oxidation sites excluding steroid dienone is 1. The molecule has 4 rings (SSSR count). The predicted octanol–water partition coefficient (Wildman–Crippen LogP) is 3.05. The number of ether oxygens (including phenoxy) is 3. The van der Waals surface area contributed by atoms with Gasteiger partial charge in [-0.1, -0.05) is 29.8 Å². The fraction of sp³-hybridized carbons (Fsp3) is 0.261. The van der Waals surface area contributed by atoms with E-state index in [0.29, 0.717) is 45.9 Å². The van der Waals surface area contributed by atoms with Gasteiger partial charge < -0.3 is 25.3 Å². The van der Waals surface area contributed by atoms with E-state index in [4.69, 9.17) is 25.0 Å². The number of carbonyl (C=O) groups excluding carboxylic acids is 1. The summed E-state index contributed by atoms with van der Waals surface area (Å²) in [5.74, 6) is 1.84. The molecule has 166 valence electrons. The number of aromatic nitrogens is 3. The molecule has 2 aromatic carbocycles. The molecule has 0 saturated carbocycles. The second-order valence-electron chi connectivity index (χ2n) is 7.46. The van der Waals surface area contributed by atoms with Crippen molar-refractivity contribution in [1.29, 1.82) is 0 Å². The van der Waals surface area contributed by atoms with Crippen LogP contribution in [0.1, 0.15) is 24.1 Å². The van der Waals surface area contributed by atoms with Crippen molar-refractivity contribution in [3.63, 3.8) is 0 Å². The quantitative estimate of drug-likeness (QED) is 0.612. The van der Waals surface area contributed by atoms with Crippen LogP contribution in [0.25, 0.3) is 11.4 Å². The van der Waals surface area contributed by atoms with Crippen LogP contribution in [0.5, 0.6) is 17.2 Å². The SMILES string of the molecule is COc1cc(C2C(C(N)=O)=C(C)Nc3nc(-c4ccc(C)cc4)nn32)cc(OC)c1OC. The monoisotopic (exact) mass is 435 g/mol. The van der Waals surface area contributed by atoms with Gasteiger partial charge in [-0.15, -0.1) is 5.10 Å². The lowest BCUT2D eigenvalue weighted by Crippen LogP contribution is -2.31. The normalized spacial score (nSPS) is 15.1. The van der Waals surface area contributed by atoms with Crippen LogP contribution in [0.2, 0.25) is 0 Å². The van der Waals surface area contributed by atoms with Crippen molar-refractivity contribution in [2.24, 2.45) is 5.73 Å². The molecule has 9 nitrogen and oxygen atoms in total. The zero-order chi connectivity index (χ0) is 23.0. The Hall–Kier alpha value is -4.01. The van der Waals surface area contributed by atoms with Gasteiger partial charge >= 0.3 is 0 Å². The molecule has 3 aromatic rings. The number of nitrogens with one attached hydrogen (secondary N) is 1. The summed E-state index contributed by atoms with van der Waals surface area (Å²) >= 11 is 0. The summed E-state index contributed by atoms with van der Waals surface area (Å²) in [6.07, 6.45) is 0. The Morgan fingerprint density at radius 3 is 2.19 bits per heavy atom. The summed E-state index contributed by atoms with van der Waals surface area (Å²) in [5.41, 5.74) is 9.45. The van der Waals surface area contributed by atoms with E-state index in [9.17, 15) is 4.79 Å². The van der Waals surface area contributed by atoms with E-state index in [-0.39, 0.29) is 0 Å². The summed E-state index contributed by atoms with van der Waals surface area (Å²) in [5, 5.41) is 7.87. The molecule has 0 bridgehead atoms. The Balaban J connectivity index is 1.92. The van der Waals surface area contributed by atoms with E-state index in [1.54, 1.807) is 23.7 Å². The highest BCUT2D eigenvalue weighted by Crippen LogP contribution is 2.43. The molecule has 1 aliphatic heterocycles. The summed E-state index contributed by atoms with van der Waals surface area (Å²) < 4.78 is 18.1. The number of benzene rings is 2. The number of hydrogen-bond donors (Lipinski definition) is 2. The van der Waals surface area contributed by atoms with Gasteiger partial charge in [-0.3, -0.25) is 4.79 Å². The molecule has 1 atom stereocenters. The van der Waals surface area contributed by atoms with Crippen molar-refractivity contribution in [3.05, 3.63) is 58.8 Å². The highest BCUT2D eigenvalue weighted by atomic mass is 16.5. The zero-order valence-corrected chi connectivity index (χ0v) is 18.6. The molecule has 1 aliphatic rings. The topological polar surface area (TPSA) is 114 Å². The zero-order valence-electron chi connectivity index (χ0n) is 18.6. The number of aryl methyl sites for hydroxylation is 1. The molecule has 2 heterocycles. The summed E-state index contributed by atoms with van der Waals surface area (Å²) in [6.45, 7) is 3.80. The molecule has 1 unspecified atom stereocenters. The van der Waals surface area contributed by atoms with Crippen LogP contribution in [-0.4, -0.2) is 42.0 Å². The average Bonchev–Trinajstić information content (AvgIpc) is 3.20. The number of hydrogen-bond acceptors (Lipinski definition) is 7. The van der Waals surface area contributed by atoms with Gasteiger partial charge in [-0.05, 0) is 31.5 Å². The maximum atomic E-state index is 12.5. The maximum absolute atomic E-state index is 12.5. The maximum Gasteiger partial charge on any atom is 0.248 e. The molecule has 0 spiro atoms. The molecule has 0 radical (unpaired) electrons. The van der Waals surface area contributed by atoms with E-state index in [0.717, 1.165) is 11.1 Å². The Morgan fingerprint density at radius 1 is 1.03 bits per heavy atom. The first-order chi connectivity index (χ1) is 15.4. The second-order valence-corrected chi connectivity index (χ2v) is 7.46. The van der Waals surface area contributed by atoms with Crippen molar-refractivity contribution in [3.8, 4) is 28.6 Å². The van der Waals surface area contributed by atoms with Crippen molar-refractivity contribution in [2.45, 2.75) is 19.9 Å². The van der Waals surface area contributed by atoms with E-state index < -0.39 is 11.9 Å². The highest BCUT2D eigenvalue weighted by molar-refractivity contribution is 5.95. The first-order valence-corrected chi connectivity index (χ1v) is 9.99. The van der Waals surface area contributed by atoms with Crippen LogP contribution < -0.4 is 25.3 Å². The summed E-state index contributed by atoms with van der Waals surface area (Å²) in [6, 6.07) is 10.8. The molecular formula is C23H25N5O4. The van der Waals surface area contributed by atoms with Crippen LogP contribution in [0, 0.1) is 6.92 Å². The average molecular weight is 435 g/mol. The fourth-order valence-electron chi connectivity index (χ4n) is 3.86. The highest BCUT2D eigenvalue weighted by Gasteiger charge is 2.34. The van der Waals surface area contributed by atoms with Crippen molar-refractivity contribution >= 4 is 11.9 Å². The van der Waals surface area contributed by atoms with Gasteiger partial charge in [0.05, 0.1) is 26.9 Å². The number of methoxy groups -OCH3 is 3. The van der Waals surface area contributed by atoms with Crippen molar-refractivity contribution in [1.82, 2.24) is 14.8 Å². The number of nitrogens with zero attached hydrogens (tertiary/aromatic N) is 3. The number of nitrogens with two attached hydrogens (primary N) is 1. The molecule has 0 saturated heterocycles. The lowest BCUT2D eigenvalue weighted by Gasteiger charge is -2.28. The van der Waals surface area contributed by atoms with Gasteiger partial charge in [0.15, 0.2) is 17.3 Å². The minimum absolute atomic E-state index is 0.368. The summed E-state index contributed by atoms with van der Waals surface area (Å²) in [7, 11) is 4.61. The first-order valence-electron chi connectivity index (χ1n) is 9.99. The third kappa shape index (κ3) is 3.51. The lowest BCUT2D eigenvalue weighted by molar-refractivity contribution is -0.115. The number of carbonyl (C=O) groups is 1. The molecule has 32 heavy (non-hydrogen) atoms. The molecule has 1 amide bonds. The van der Waals surface area contributed by atoms with Gasteiger partial charge in [0.1, 0.15) is 6.04 Å². The smallest absolute Gasteiger partial charge is 0.248 e. The van der Waals surface area contributed by atoms with Gasteiger partial charge in [0.2, 0.25) is 17.6 Å². The summed E-state index contributed by atoms with van der Waals surface area (Å²) in [4.78, 5) is 17.1. The van der Waals surface area contributed by atoms with Gasteiger partial charge in [0, 0.05) is 11.3 Å². The molecular weight excluding hydrogens is 410 g/mol. The third-order valence-electron chi connectivity index (χ3n) is 5.43. The number of amides is 1. The molecule has 0 aliphatic carbocycles. The van der Waals surface area contributed by atoms with E-state index in [1.165, 1.54) is 21.3 Å². The number of fused-ring (bicyclic) bond motifs is 1. The minimum Gasteiger partial charge on any atom is -0.493 e. The predicted molar refractivity (Wildman–Crippen MR) is 120 cm³/mol. The fourth-order valence-corrected chi connectivity index (χ4v) is 3.86. The van der Waals surface area contributed by atoms with Crippen LogP contribution in [-0.2, 0) is 4.79 Å². The molecule has 1 aromatic heterocycles. The standard InChI is InChI=1S/C23H25N5O4/c1-12-6-8-14(9-7-12)22-26-23-25-13(2)18(21(24)29)19(28(23)27-22)15-10-16(30-3)20(32-5)17(11-15)31-4/h6-11,19H,1-5H3,(H2,24,29)(H,25,26,27). The van der Waals surface area contributed by atoms with E-state index in [2.05, 4.69) is 10.3 Å². The van der Waals surface area contributed by atoms with Gasteiger partial charge in [-0.25, -0.2) is 4.68 Å². The van der Waals surface area contributed by atoms with Crippen LogP contribution in [0.4, 0.5) is 5.95 Å². The molecule has 3 N–H and O–H groups in total. The van der Waals surface area contributed by atoms with Crippen LogP contribution in [0.3, 0.4) is 0 Å². The minimum atomic E-state index is -0.635. The van der Waals surface area contributed by atoms with Crippen molar-refractivity contribution < 1.29 is 19.0 Å². The molecule has 0 fully saturated rings. The third-order valence-corrected chi connectivity index (χ3v) is 5.43. The lowest BCUT2D eigenvalue weighted by atomic mass is 9.94. The van der Waals surface area contributed by atoms with E-state index in [1.807, 2.05) is 31.2 Å². The van der Waals surface area contributed by atoms with Crippen molar-refractivity contribution in [2.75, 3.05) is 26.6 Å². The second kappa shape index (κ2) is 8.26. The van der Waals surface area contributed by atoms with E-state index >= 15 is 0 Å². The Morgan fingerprint density at radius 2 is 1.66 bits per heavy atom. The Kier molecular flexibility index (Phi) is 5.48. The number of primary amides is 1. The largest absolute Gasteiger partial charge is 0.493 e. The molecule has 9 heteroatoms.